The van der Waals surface area contributed by atoms with Gasteiger partial charge in [0.2, 0.25) is 0 Å². The summed E-state index contributed by atoms with van der Waals surface area (Å²) in [4.78, 5) is 4.20. The molecule has 0 aliphatic heterocycles. The number of benzene rings is 2. The monoisotopic (exact) mass is 297 g/mol. The van der Waals surface area contributed by atoms with Crippen molar-refractivity contribution >= 4 is 0 Å². The van der Waals surface area contributed by atoms with Crippen molar-refractivity contribution in [3.63, 3.8) is 0 Å². The number of hydrogen-bond donors (Lipinski definition) is 0. The fraction of sp³-hybridized carbons (Fsp3) is 0.0556. The summed E-state index contributed by atoms with van der Waals surface area (Å²) in [6.45, 7) is 1.69. The maximum Gasteiger partial charge on any atom is 0.131 e. The Hall–Kier alpha value is -2.75. The van der Waals surface area contributed by atoms with Gasteiger partial charge in [-0.25, -0.2) is 8.78 Å². The quantitative estimate of drug-likeness (QED) is 0.668. The van der Waals surface area contributed by atoms with Gasteiger partial charge in [-0.1, -0.05) is 18.2 Å². The zero-order chi connectivity index (χ0) is 15.5. The van der Waals surface area contributed by atoms with E-state index in [0.717, 1.165) is 0 Å². The summed E-state index contributed by atoms with van der Waals surface area (Å²) in [7, 11) is 0. The van der Waals surface area contributed by atoms with Crippen LogP contribution in [0.4, 0.5) is 8.78 Å². The van der Waals surface area contributed by atoms with Crippen LogP contribution in [0, 0.1) is 18.6 Å². The first kappa shape index (κ1) is 14.2. The van der Waals surface area contributed by atoms with Crippen LogP contribution in [0.15, 0.2) is 60.8 Å². The van der Waals surface area contributed by atoms with Crippen molar-refractivity contribution in [1.29, 1.82) is 0 Å². The molecule has 0 saturated heterocycles. The van der Waals surface area contributed by atoms with E-state index in [2.05, 4.69) is 4.98 Å². The lowest BCUT2D eigenvalue weighted by atomic mass is 10.1. The smallest absolute Gasteiger partial charge is 0.131 e. The highest BCUT2D eigenvalue weighted by Gasteiger charge is 2.05. The highest BCUT2D eigenvalue weighted by atomic mass is 19.1. The Kier molecular flexibility index (Phi) is 3.83. The van der Waals surface area contributed by atoms with Gasteiger partial charge >= 0.3 is 0 Å². The van der Waals surface area contributed by atoms with Crippen LogP contribution >= 0.6 is 0 Å². The van der Waals surface area contributed by atoms with Crippen molar-refractivity contribution in [2.75, 3.05) is 0 Å². The summed E-state index contributed by atoms with van der Waals surface area (Å²) in [5.41, 5.74) is 1.80. The molecule has 0 unspecified atom stereocenters. The van der Waals surface area contributed by atoms with Crippen molar-refractivity contribution in [3.8, 4) is 22.8 Å². The molecule has 0 bridgehead atoms. The fourth-order valence-electron chi connectivity index (χ4n) is 2.05. The van der Waals surface area contributed by atoms with Crippen LogP contribution < -0.4 is 4.74 Å². The molecule has 110 valence electrons. The Morgan fingerprint density at radius 1 is 0.909 bits per heavy atom. The van der Waals surface area contributed by atoms with Gasteiger partial charge in [0.25, 0.3) is 0 Å². The predicted octanol–water partition coefficient (Wildman–Crippen LogP) is 5.13. The van der Waals surface area contributed by atoms with Crippen LogP contribution in [0.25, 0.3) is 11.3 Å². The summed E-state index contributed by atoms with van der Waals surface area (Å²) in [6, 6.07) is 14.2. The van der Waals surface area contributed by atoms with Gasteiger partial charge in [0.1, 0.15) is 23.1 Å². The van der Waals surface area contributed by atoms with Crippen LogP contribution in [0.2, 0.25) is 0 Å². The van der Waals surface area contributed by atoms with E-state index in [1.807, 2.05) is 0 Å². The second-order valence-corrected chi connectivity index (χ2v) is 4.90. The highest BCUT2D eigenvalue weighted by Crippen LogP contribution is 2.27. The second-order valence-electron chi connectivity index (χ2n) is 4.90. The summed E-state index contributed by atoms with van der Waals surface area (Å²) >= 11 is 0. The molecule has 0 fully saturated rings. The van der Waals surface area contributed by atoms with E-state index >= 15 is 0 Å². The maximum atomic E-state index is 13.5. The highest BCUT2D eigenvalue weighted by molar-refractivity contribution is 5.60. The molecule has 0 radical (unpaired) electrons. The summed E-state index contributed by atoms with van der Waals surface area (Å²) in [6.07, 6.45) is 1.57. The van der Waals surface area contributed by atoms with Gasteiger partial charge in [-0.15, -0.1) is 0 Å². The van der Waals surface area contributed by atoms with E-state index in [-0.39, 0.29) is 11.6 Å². The van der Waals surface area contributed by atoms with Crippen LogP contribution in [0.5, 0.6) is 11.5 Å². The largest absolute Gasteiger partial charge is 0.457 e. The van der Waals surface area contributed by atoms with Gasteiger partial charge in [-0.05, 0) is 36.8 Å². The Labute approximate surface area is 127 Å². The van der Waals surface area contributed by atoms with Gasteiger partial charge in [-0.2, -0.15) is 0 Å². The average Bonchev–Trinajstić information content (AvgIpc) is 2.51. The van der Waals surface area contributed by atoms with E-state index in [0.29, 0.717) is 28.3 Å². The molecule has 0 saturated carbocycles. The third kappa shape index (κ3) is 3.11. The molecular weight excluding hydrogens is 284 g/mol. The lowest BCUT2D eigenvalue weighted by Gasteiger charge is -2.08. The third-order valence-electron chi connectivity index (χ3n) is 3.23. The Morgan fingerprint density at radius 2 is 1.73 bits per heavy atom. The van der Waals surface area contributed by atoms with Crippen molar-refractivity contribution in [2.24, 2.45) is 0 Å². The number of ether oxygens (including phenoxy) is 1. The third-order valence-corrected chi connectivity index (χ3v) is 3.23. The molecule has 1 heterocycles. The van der Waals surface area contributed by atoms with E-state index in [9.17, 15) is 8.78 Å². The molecular formula is C18H13F2NO. The number of rotatable bonds is 3. The number of hydrogen-bond acceptors (Lipinski definition) is 2. The topological polar surface area (TPSA) is 22.1 Å². The van der Waals surface area contributed by atoms with Gasteiger partial charge in [-0.3, -0.25) is 4.98 Å². The number of halogens is 2. The number of aryl methyl sites for hydroxylation is 1. The first-order valence-electron chi connectivity index (χ1n) is 6.78. The minimum Gasteiger partial charge on any atom is -0.457 e. The maximum absolute atomic E-state index is 13.5. The molecule has 2 nitrogen and oxygen atoms in total. The zero-order valence-corrected chi connectivity index (χ0v) is 11.9. The zero-order valence-electron chi connectivity index (χ0n) is 11.9. The molecule has 2 aromatic carbocycles. The predicted molar refractivity (Wildman–Crippen MR) is 80.8 cm³/mol. The molecule has 0 spiro atoms. The van der Waals surface area contributed by atoms with Crippen molar-refractivity contribution in [3.05, 3.63) is 78.0 Å². The average molecular weight is 297 g/mol. The van der Waals surface area contributed by atoms with E-state index in [1.54, 1.807) is 49.5 Å². The first-order valence-corrected chi connectivity index (χ1v) is 6.78. The standard InChI is InChI=1S/C18H13F2NO/c1-12-5-6-15(10-17(12)20)22-16-7-8-21-18(11-16)13-3-2-4-14(19)9-13/h2-11H,1H3. The summed E-state index contributed by atoms with van der Waals surface area (Å²) in [5.74, 6) is 0.264. The Bertz CT molecular complexity index is 818. The molecule has 0 N–H and O–H groups in total. The lowest BCUT2D eigenvalue weighted by Crippen LogP contribution is -1.90. The van der Waals surface area contributed by atoms with Gasteiger partial charge < -0.3 is 4.74 Å². The SMILES string of the molecule is Cc1ccc(Oc2ccnc(-c3cccc(F)c3)c2)cc1F. The van der Waals surface area contributed by atoms with Crippen LogP contribution in [-0.2, 0) is 0 Å². The Morgan fingerprint density at radius 3 is 2.50 bits per heavy atom. The molecule has 0 amide bonds. The number of aromatic nitrogens is 1. The molecule has 1 aromatic heterocycles. The summed E-state index contributed by atoms with van der Waals surface area (Å²) < 4.78 is 32.5. The fourth-order valence-corrected chi connectivity index (χ4v) is 2.05. The number of nitrogens with zero attached hydrogens (tertiary/aromatic N) is 1. The second kappa shape index (κ2) is 5.93. The normalized spacial score (nSPS) is 10.5. The van der Waals surface area contributed by atoms with Gasteiger partial charge in [0.15, 0.2) is 0 Å². The lowest BCUT2D eigenvalue weighted by molar-refractivity contribution is 0.475. The molecule has 3 aromatic rings. The van der Waals surface area contributed by atoms with Crippen LogP contribution in [0.3, 0.4) is 0 Å². The van der Waals surface area contributed by atoms with Crippen LogP contribution in [0.1, 0.15) is 5.56 Å². The molecule has 22 heavy (non-hydrogen) atoms. The van der Waals surface area contributed by atoms with Crippen molar-refractivity contribution in [2.45, 2.75) is 6.92 Å². The van der Waals surface area contributed by atoms with E-state index < -0.39 is 0 Å². The van der Waals surface area contributed by atoms with E-state index in [4.69, 9.17) is 4.74 Å². The Balaban J connectivity index is 1.89. The van der Waals surface area contributed by atoms with Gasteiger partial charge in [0.05, 0.1) is 5.69 Å². The minimum atomic E-state index is -0.328. The molecule has 3 rings (SSSR count). The molecule has 0 aliphatic carbocycles. The first-order chi connectivity index (χ1) is 10.6. The minimum absolute atomic E-state index is 0.322. The van der Waals surface area contributed by atoms with E-state index in [1.165, 1.54) is 18.2 Å². The molecule has 0 atom stereocenters. The number of pyridine rings is 1. The van der Waals surface area contributed by atoms with Crippen LogP contribution in [-0.4, -0.2) is 4.98 Å². The van der Waals surface area contributed by atoms with Gasteiger partial charge in [0, 0.05) is 23.9 Å². The van der Waals surface area contributed by atoms with Crippen molar-refractivity contribution < 1.29 is 13.5 Å². The molecule has 0 aliphatic rings. The van der Waals surface area contributed by atoms with Crippen molar-refractivity contribution in [1.82, 2.24) is 4.98 Å². The molecule has 4 heteroatoms. The summed E-state index contributed by atoms with van der Waals surface area (Å²) in [5, 5.41) is 0.